The Morgan fingerprint density at radius 1 is 1.15 bits per heavy atom. The molecule has 1 atom stereocenters. The molecule has 0 aliphatic carbocycles. The molecule has 2 saturated heterocycles. The normalized spacial score (nSPS) is 21.4. The molecule has 0 aromatic heterocycles. The largest absolute Gasteiger partial charge is 0.493 e. The Morgan fingerprint density at radius 2 is 1.92 bits per heavy atom. The van der Waals surface area contributed by atoms with Crippen LogP contribution in [0.1, 0.15) is 32.1 Å². The van der Waals surface area contributed by atoms with E-state index in [0.717, 1.165) is 43.8 Å². The molecule has 1 aromatic rings. The Kier molecular flexibility index (Phi) is 7.14. The summed E-state index contributed by atoms with van der Waals surface area (Å²) in [4.78, 5) is 14.2. The van der Waals surface area contributed by atoms with Gasteiger partial charge < -0.3 is 23.8 Å². The van der Waals surface area contributed by atoms with E-state index in [1.165, 1.54) is 6.42 Å². The van der Waals surface area contributed by atoms with E-state index in [2.05, 4.69) is 0 Å². The van der Waals surface area contributed by atoms with E-state index in [-0.39, 0.29) is 24.7 Å². The van der Waals surface area contributed by atoms with Crippen LogP contribution in [0, 0.1) is 0 Å². The lowest BCUT2D eigenvalue weighted by molar-refractivity contribution is -0.140. The van der Waals surface area contributed by atoms with Crippen LogP contribution < -0.4 is 9.47 Å². The number of piperidine rings is 1. The second kappa shape index (κ2) is 9.78. The smallest absolute Gasteiger partial charge is 0.248 e. The molecule has 6 heteroatoms. The van der Waals surface area contributed by atoms with Crippen molar-refractivity contribution in [2.45, 2.75) is 44.3 Å². The first-order valence-electron chi connectivity index (χ1n) is 9.53. The summed E-state index contributed by atoms with van der Waals surface area (Å²) in [5.74, 6) is 1.55. The average Bonchev–Trinajstić information content (AvgIpc) is 2.70. The molecule has 26 heavy (non-hydrogen) atoms. The van der Waals surface area contributed by atoms with Crippen molar-refractivity contribution in [2.75, 3.05) is 40.0 Å². The molecule has 0 bridgehead atoms. The van der Waals surface area contributed by atoms with Crippen LogP contribution in [0.15, 0.2) is 24.3 Å². The Balaban J connectivity index is 1.36. The Bertz CT molecular complexity index is 565. The van der Waals surface area contributed by atoms with Gasteiger partial charge in [-0.25, -0.2) is 0 Å². The number of benzene rings is 1. The minimum atomic E-state index is 0.0524. The second-order valence-electron chi connectivity index (χ2n) is 6.85. The molecule has 144 valence electrons. The number of hydrogen-bond donors (Lipinski definition) is 0. The van der Waals surface area contributed by atoms with E-state index in [1.54, 1.807) is 7.11 Å². The first kappa shape index (κ1) is 19.0. The van der Waals surface area contributed by atoms with Crippen molar-refractivity contribution in [1.82, 2.24) is 4.90 Å². The van der Waals surface area contributed by atoms with Gasteiger partial charge in [0.25, 0.3) is 0 Å². The van der Waals surface area contributed by atoms with Crippen LogP contribution in [0.3, 0.4) is 0 Å². The van der Waals surface area contributed by atoms with Crippen LogP contribution >= 0.6 is 0 Å². The predicted octanol–water partition coefficient (Wildman–Crippen LogP) is 2.65. The Morgan fingerprint density at radius 3 is 2.62 bits per heavy atom. The number of para-hydroxylation sites is 2. The molecule has 0 radical (unpaired) electrons. The van der Waals surface area contributed by atoms with Gasteiger partial charge in [0.1, 0.15) is 12.7 Å². The van der Waals surface area contributed by atoms with Crippen molar-refractivity contribution in [3.05, 3.63) is 24.3 Å². The third kappa shape index (κ3) is 5.35. The standard InChI is InChI=1S/C20H29NO5/c1-23-18-7-2-3-8-19(18)26-16-9-11-21(12-10-16)20(22)15-24-14-17-6-4-5-13-25-17/h2-3,7-8,16-17H,4-6,9-15H2,1H3. The summed E-state index contributed by atoms with van der Waals surface area (Å²) >= 11 is 0. The fourth-order valence-electron chi connectivity index (χ4n) is 3.43. The second-order valence-corrected chi connectivity index (χ2v) is 6.85. The van der Waals surface area contributed by atoms with Crippen LogP contribution in [-0.4, -0.2) is 63.0 Å². The zero-order chi connectivity index (χ0) is 18.2. The number of hydrogen-bond acceptors (Lipinski definition) is 5. The number of methoxy groups -OCH3 is 1. The molecular formula is C20H29NO5. The van der Waals surface area contributed by atoms with E-state index >= 15 is 0 Å². The van der Waals surface area contributed by atoms with Crippen molar-refractivity contribution >= 4 is 5.91 Å². The number of amides is 1. The van der Waals surface area contributed by atoms with Crippen LogP contribution in [0.4, 0.5) is 0 Å². The molecule has 2 heterocycles. The van der Waals surface area contributed by atoms with Crippen molar-refractivity contribution in [1.29, 1.82) is 0 Å². The molecule has 1 unspecified atom stereocenters. The molecule has 0 N–H and O–H groups in total. The molecule has 2 aliphatic rings. The van der Waals surface area contributed by atoms with Gasteiger partial charge in [-0.05, 0) is 31.4 Å². The van der Waals surface area contributed by atoms with Gasteiger partial charge in [-0.15, -0.1) is 0 Å². The van der Waals surface area contributed by atoms with Gasteiger partial charge in [-0.1, -0.05) is 12.1 Å². The monoisotopic (exact) mass is 363 g/mol. The Labute approximate surface area is 155 Å². The SMILES string of the molecule is COc1ccccc1OC1CCN(C(=O)COCC2CCCCO2)CC1. The summed E-state index contributed by atoms with van der Waals surface area (Å²) in [6, 6.07) is 7.66. The van der Waals surface area contributed by atoms with Crippen molar-refractivity contribution in [3.8, 4) is 11.5 Å². The zero-order valence-electron chi connectivity index (χ0n) is 15.5. The minimum Gasteiger partial charge on any atom is -0.493 e. The molecule has 2 fully saturated rings. The van der Waals surface area contributed by atoms with Gasteiger partial charge in [0, 0.05) is 32.5 Å². The zero-order valence-corrected chi connectivity index (χ0v) is 15.5. The third-order valence-electron chi connectivity index (χ3n) is 4.96. The number of rotatable bonds is 7. The number of ether oxygens (including phenoxy) is 4. The van der Waals surface area contributed by atoms with E-state index in [1.807, 2.05) is 29.2 Å². The van der Waals surface area contributed by atoms with E-state index in [4.69, 9.17) is 18.9 Å². The summed E-state index contributed by atoms with van der Waals surface area (Å²) in [6.45, 7) is 2.85. The average molecular weight is 363 g/mol. The van der Waals surface area contributed by atoms with Crippen molar-refractivity contribution in [3.63, 3.8) is 0 Å². The highest BCUT2D eigenvalue weighted by atomic mass is 16.5. The highest BCUT2D eigenvalue weighted by Gasteiger charge is 2.25. The van der Waals surface area contributed by atoms with Crippen LogP contribution in [0.5, 0.6) is 11.5 Å². The van der Waals surface area contributed by atoms with Crippen molar-refractivity contribution in [2.24, 2.45) is 0 Å². The summed E-state index contributed by atoms with van der Waals surface area (Å²) in [5, 5.41) is 0. The van der Waals surface area contributed by atoms with Gasteiger partial charge in [0.2, 0.25) is 5.91 Å². The summed E-state index contributed by atoms with van der Waals surface area (Å²) in [7, 11) is 1.64. The van der Waals surface area contributed by atoms with Gasteiger partial charge in [0.15, 0.2) is 11.5 Å². The van der Waals surface area contributed by atoms with Gasteiger partial charge in [-0.3, -0.25) is 4.79 Å². The first-order chi connectivity index (χ1) is 12.8. The lowest BCUT2D eigenvalue weighted by Crippen LogP contribution is -2.43. The van der Waals surface area contributed by atoms with E-state index < -0.39 is 0 Å². The predicted molar refractivity (Wildman–Crippen MR) is 97.6 cm³/mol. The molecule has 0 saturated carbocycles. The van der Waals surface area contributed by atoms with E-state index in [0.29, 0.717) is 19.7 Å². The minimum absolute atomic E-state index is 0.0524. The molecule has 3 rings (SSSR count). The first-order valence-corrected chi connectivity index (χ1v) is 9.53. The van der Waals surface area contributed by atoms with Crippen LogP contribution in [0.2, 0.25) is 0 Å². The van der Waals surface area contributed by atoms with Gasteiger partial charge in [0.05, 0.1) is 19.8 Å². The number of carbonyl (C=O) groups excluding carboxylic acids is 1. The molecular weight excluding hydrogens is 334 g/mol. The molecule has 1 aromatic carbocycles. The lowest BCUT2D eigenvalue weighted by atomic mass is 10.1. The summed E-state index contributed by atoms with van der Waals surface area (Å²) in [5.41, 5.74) is 0. The molecule has 1 amide bonds. The van der Waals surface area contributed by atoms with Crippen LogP contribution in [0.25, 0.3) is 0 Å². The molecule has 0 spiro atoms. The van der Waals surface area contributed by atoms with Crippen LogP contribution in [-0.2, 0) is 14.3 Å². The molecule has 6 nitrogen and oxygen atoms in total. The number of nitrogens with zero attached hydrogens (tertiary/aromatic N) is 1. The summed E-state index contributed by atoms with van der Waals surface area (Å²) < 4.78 is 22.6. The van der Waals surface area contributed by atoms with Crippen molar-refractivity contribution < 1.29 is 23.7 Å². The fourth-order valence-corrected chi connectivity index (χ4v) is 3.43. The fraction of sp³-hybridized carbons (Fsp3) is 0.650. The topological polar surface area (TPSA) is 57.2 Å². The summed E-state index contributed by atoms with van der Waals surface area (Å²) in [6.07, 6.45) is 5.22. The lowest BCUT2D eigenvalue weighted by Gasteiger charge is -2.32. The van der Waals surface area contributed by atoms with Gasteiger partial charge >= 0.3 is 0 Å². The highest BCUT2D eigenvalue weighted by Crippen LogP contribution is 2.28. The maximum Gasteiger partial charge on any atom is 0.248 e. The maximum atomic E-state index is 12.3. The van der Waals surface area contributed by atoms with Gasteiger partial charge in [-0.2, -0.15) is 0 Å². The molecule has 2 aliphatic heterocycles. The number of carbonyl (C=O) groups is 1. The third-order valence-corrected chi connectivity index (χ3v) is 4.96. The maximum absolute atomic E-state index is 12.3. The van der Waals surface area contributed by atoms with E-state index in [9.17, 15) is 4.79 Å². The number of likely N-dealkylation sites (tertiary alicyclic amines) is 1. The quantitative estimate of drug-likeness (QED) is 0.745. The highest BCUT2D eigenvalue weighted by molar-refractivity contribution is 5.77. The Hall–Kier alpha value is -1.79.